The van der Waals surface area contributed by atoms with E-state index in [0.717, 1.165) is 22.7 Å². The molecule has 2 nitrogen and oxygen atoms in total. The molecule has 12 aromatic rings. The average Bonchev–Trinajstić information content (AvgIpc) is 3.66. The minimum atomic E-state index is 1.10. The molecule has 0 atom stereocenters. The van der Waals surface area contributed by atoms with Gasteiger partial charge in [0.25, 0.3) is 0 Å². The lowest BCUT2D eigenvalue weighted by Gasteiger charge is -2.27. The topological polar surface area (TPSA) is 8.17 Å². The third kappa shape index (κ3) is 5.50. The predicted molar refractivity (Wildman–Crippen MR) is 256 cm³/mol. The summed E-state index contributed by atoms with van der Waals surface area (Å²) in [6.45, 7) is 0. The number of aromatic nitrogens is 1. The Hall–Kier alpha value is -7.94. The molecule has 1 heterocycles. The molecule has 11 aromatic carbocycles. The van der Waals surface area contributed by atoms with E-state index in [2.05, 4.69) is 240 Å². The highest BCUT2D eigenvalue weighted by Crippen LogP contribution is 2.43. The van der Waals surface area contributed by atoms with Crippen molar-refractivity contribution in [3.63, 3.8) is 0 Å². The van der Waals surface area contributed by atoms with Crippen molar-refractivity contribution in [1.29, 1.82) is 0 Å². The zero-order valence-electron chi connectivity index (χ0n) is 32.8. The lowest BCUT2D eigenvalue weighted by molar-refractivity contribution is 1.18. The number of hydrogen-bond acceptors (Lipinski definition) is 1. The summed E-state index contributed by atoms with van der Waals surface area (Å²) in [5.41, 5.74) is 11.7. The summed E-state index contributed by atoms with van der Waals surface area (Å²) in [6.07, 6.45) is 0. The van der Waals surface area contributed by atoms with Crippen molar-refractivity contribution in [2.45, 2.75) is 0 Å². The zero-order valence-corrected chi connectivity index (χ0v) is 32.8. The largest absolute Gasteiger partial charge is 0.310 e. The molecule has 0 aliphatic heterocycles. The standard InChI is InChI=1S/C58H38N2/c1-2-17-44(18-3-1)60-56-26-11-10-24-54(56)58-51(25-13-27-57(58)60)41-16-12-19-46(36-41)59(47-34-35-50-43(37-47)29-28-39-14-4-6-20-48(39)50)45-32-30-40(31-33-45)55-38-42-15-5-7-21-49(42)52-22-8-9-23-53(52)55/h1-38H. The van der Waals surface area contributed by atoms with E-state index in [1.165, 1.54) is 87.1 Å². The van der Waals surface area contributed by atoms with Gasteiger partial charge in [-0.3, -0.25) is 0 Å². The first-order valence-electron chi connectivity index (χ1n) is 20.7. The van der Waals surface area contributed by atoms with Gasteiger partial charge in [0.05, 0.1) is 11.0 Å². The van der Waals surface area contributed by atoms with E-state index in [1.807, 2.05) is 0 Å². The molecule has 1 aromatic heterocycles. The monoisotopic (exact) mass is 762 g/mol. The molecule has 0 radical (unpaired) electrons. The summed E-state index contributed by atoms with van der Waals surface area (Å²) >= 11 is 0. The summed E-state index contributed by atoms with van der Waals surface area (Å²) in [5, 5.41) is 12.6. The molecule has 2 heteroatoms. The fraction of sp³-hybridized carbons (Fsp3) is 0. The Labute approximate surface area is 348 Å². The Kier molecular flexibility index (Phi) is 7.89. The number of nitrogens with zero attached hydrogens (tertiary/aromatic N) is 2. The zero-order chi connectivity index (χ0) is 39.6. The summed E-state index contributed by atoms with van der Waals surface area (Å²) in [5.74, 6) is 0. The Bertz CT molecular complexity index is 3600. The van der Waals surface area contributed by atoms with Crippen LogP contribution in [0, 0.1) is 0 Å². The third-order valence-corrected chi connectivity index (χ3v) is 12.3. The first-order valence-corrected chi connectivity index (χ1v) is 20.7. The van der Waals surface area contributed by atoms with Gasteiger partial charge >= 0.3 is 0 Å². The number of anilines is 3. The molecule has 60 heavy (non-hydrogen) atoms. The molecule has 0 spiro atoms. The van der Waals surface area contributed by atoms with Gasteiger partial charge in [0.15, 0.2) is 0 Å². The Balaban J connectivity index is 1.04. The van der Waals surface area contributed by atoms with Crippen LogP contribution in [0.4, 0.5) is 17.1 Å². The fourth-order valence-corrected chi connectivity index (χ4v) is 9.60. The molecular weight excluding hydrogens is 725 g/mol. The highest BCUT2D eigenvalue weighted by atomic mass is 15.1. The predicted octanol–water partition coefficient (Wildman–Crippen LogP) is 16.2. The molecule has 280 valence electrons. The van der Waals surface area contributed by atoms with Crippen LogP contribution in [0.1, 0.15) is 0 Å². The van der Waals surface area contributed by atoms with E-state index in [0.29, 0.717) is 0 Å². The van der Waals surface area contributed by atoms with E-state index in [1.54, 1.807) is 0 Å². The summed E-state index contributed by atoms with van der Waals surface area (Å²) in [7, 11) is 0. The SMILES string of the molecule is c1ccc(-n2c3ccccc3c3c(-c4cccc(N(c5ccc(-c6cc7ccccc7c7ccccc67)cc5)c5ccc6c(ccc7ccccc76)c5)c4)cccc32)cc1. The van der Waals surface area contributed by atoms with Crippen LogP contribution >= 0.6 is 0 Å². The van der Waals surface area contributed by atoms with Gasteiger partial charge in [-0.25, -0.2) is 0 Å². The van der Waals surface area contributed by atoms with Gasteiger partial charge in [-0.05, 0) is 132 Å². The van der Waals surface area contributed by atoms with Crippen LogP contribution in [0.2, 0.25) is 0 Å². The van der Waals surface area contributed by atoms with Gasteiger partial charge in [-0.1, -0.05) is 164 Å². The maximum Gasteiger partial charge on any atom is 0.0547 e. The summed E-state index contributed by atoms with van der Waals surface area (Å²) < 4.78 is 2.39. The molecule has 0 fully saturated rings. The van der Waals surface area contributed by atoms with Crippen LogP contribution in [0.5, 0.6) is 0 Å². The van der Waals surface area contributed by atoms with Crippen molar-refractivity contribution in [1.82, 2.24) is 4.57 Å². The molecule has 0 saturated carbocycles. The third-order valence-electron chi connectivity index (χ3n) is 12.3. The minimum absolute atomic E-state index is 1.10. The second-order valence-corrected chi connectivity index (χ2v) is 15.7. The van der Waals surface area contributed by atoms with Crippen molar-refractivity contribution in [2.24, 2.45) is 0 Å². The van der Waals surface area contributed by atoms with Gasteiger partial charge in [-0.2, -0.15) is 0 Å². The minimum Gasteiger partial charge on any atom is -0.310 e. The van der Waals surface area contributed by atoms with Crippen LogP contribution in [-0.2, 0) is 0 Å². The Morgan fingerprint density at radius 1 is 0.283 bits per heavy atom. The molecule has 0 aliphatic rings. The van der Waals surface area contributed by atoms with Crippen LogP contribution in [0.15, 0.2) is 231 Å². The van der Waals surface area contributed by atoms with E-state index in [9.17, 15) is 0 Å². The fourth-order valence-electron chi connectivity index (χ4n) is 9.60. The number of fused-ring (bicyclic) bond motifs is 9. The smallest absolute Gasteiger partial charge is 0.0547 e. The molecule has 0 saturated heterocycles. The molecule has 0 N–H and O–H groups in total. The molecule has 0 bridgehead atoms. The van der Waals surface area contributed by atoms with Crippen molar-refractivity contribution in [2.75, 3.05) is 4.90 Å². The van der Waals surface area contributed by atoms with Gasteiger partial charge in [0, 0.05) is 33.5 Å². The number of para-hydroxylation sites is 2. The number of rotatable bonds is 6. The van der Waals surface area contributed by atoms with Crippen LogP contribution in [0.25, 0.3) is 92.8 Å². The molecule has 0 aliphatic carbocycles. The molecule has 0 unspecified atom stereocenters. The highest BCUT2D eigenvalue weighted by molar-refractivity contribution is 6.16. The molecule has 0 amide bonds. The van der Waals surface area contributed by atoms with E-state index in [4.69, 9.17) is 0 Å². The lowest BCUT2D eigenvalue weighted by Crippen LogP contribution is -2.10. The van der Waals surface area contributed by atoms with Gasteiger partial charge in [-0.15, -0.1) is 0 Å². The average molecular weight is 763 g/mol. The second kappa shape index (κ2) is 13.9. The number of hydrogen-bond donors (Lipinski definition) is 0. The van der Waals surface area contributed by atoms with Crippen molar-refractivity contribution < 1.29 is 0 Å². The first-order chi connectivity index (χ1) is 29.8. The second-order valence-electron chi connectivity index (χ2n) is 15.7. The van der Waals surface area contributed by atoms with Crippen LogP contribution in [-0.4, -0.2) is 4.57 Å². The summed E-state index contributed by atoms with van der Waals surface area (Å²) in [4.78, 5) is 2.41. The summed E-state index contributed by atoms with van der Waals surface area (Å²) in [6, 6.07) is 84.3. The number of benzene rings is 11. The van der Waals surface area contributed by atoms with Crippen LogP contribution in [0.3, 0.4) is 0 Å². The van der Waals surface area contributed by atoms with E-state index < -0.39 is 0 Å². The normalized spacial score (nSPS) is 11.7. The van der Waals surface area contributed by atoms with Crippen molar-refractivity contribution >= 4 is 82.0 Å². The van der Waals surface area contributed by atoms with Crippen molar-refractivity contribution in [3.8, 4) is 27.9 Å². The first kappa shape index (κ1) is 34.1. The van der Waals surface area contributed by atoms with E-state index >= 15 is 0 Å². The Morgan fingerprint density at radius 3 is 1.70 bits per heavy atom. The Morgan fingerprint density at radius 2 is 0.867 bits per heavy atom. The molecule has 12 rings (SSSR count). The van der Waals surface area contributed by atoms with Gasteiger partial charge in [0.1, 0.15) is 0 Å². The maximum atomic E-state index is 2.41. The quantitative estimate of drug-likeness (QED) is 0.153. The van der Waals surface area contributed by atoms with Gasteiger partial charge in [0.2, 0.25) is 0 Å². The highest BCUT2D eigenvalue weighted by Gasteiger charge is 2.19. The molecular formula is C58H38N2. The van der Waals surface area contributed by atoms with Crippen molar-refractivity contribution in [3.05, 3.63) is 231 Å². The van der Waals surface area contributed by atoms with E-state index in [-0.39, 0.29) is 0 Å². The van der Waals surface area contributed by atoms with Gasteiger partial charge < -0.3 is 9.47 Å². The van der Waals surface area contributed by atoms with Crippen LogP contribution < -0.4 is 4.90 Å². The maximum absolute atomic E-state index is 2.41. The lowest BCUT2D eigenvalue weighted by atomic mass is 9.93.